The minimum atomic E-state index is 0.146. The molecule has 84 valence electrons. The van der Waals surface area contributed by atoms with Crippen molar-refractivity contribution in [1.82, 2.24) is 0 Å². The maximum atomic E-state index is 6.00. The highest BCUT2D eigenvalue weighted by Crippen LogP contribution is 2.37. The topological polar surface area (TPSA) is 12.4 Å². The quantitative estimate of drug-likeness (QED) is 0.753. The molecule has 3 rings (SSSR count). The molecule has 1 heterocycles. The first-order valence-corrected chi connectivity index (χ1v) is 6.09. The Hall–Kier alpha value is -1.31. The molecule has 1 nitrogen and oxygen atoms in total. The van der Waals surface area contributed by atoms with Crippen LogP contribution < -0.4 is 0 Å². The Bertz CT molecular complexity index is 590. The summed E-state index contributed by atoms with van der Waals surface area (Å²) in [5.74, 6) is 0. The highest BCUT2D eigenvalue weighted by atomic mass is 35.5. The number of nitrogens with zero attached hydrogens (tertiary/aromatic N) is 1. The van der Waals surface area contributed by atoms with Gasteiger partial charge in [-0.05, 0) is 23.3 Å². The maximum Gasteiger partial charge on any atom is 0.118 e. The van der Waals surface area contributed by atoms with Crippen LogP contribution in [0.25, 0.3) is 0 Å². The summed E-state index contributed by atoms with van der Waals surface area (Å²) >= 11 is 11.9. The van der Waals surface area contributed by atoms with E-state index in [4.69, 9.17) is 23.2 Å². The molecule has 0 saturated heterocycles. The molecule has 0 radical (unpaired) electrons. The molecule has 0 saturated carbocycles. The molecule has 0 N–H and O–H groups in total. The zero-order chi connectivity index (χ0) is 11.8. The molecule has 1 aliphatic heterocycles. The zero-order valence-electron chi connectivity index (χ0n) is 8.90. The van der Waals surface area contributed by atoms with Gasteiger partial charge < -0.3 is 0 Å². The van der Waals surface area contributed by atoms with Crippen LogP contribution in [-0.2, 0) is 0 Å². The second-order valence-electron chi connectivity index (χ2n) is 3.96. The van der Waals surface area contributed by atoms with Crippen molar-refractivity contribution in [3.8, 4) is 0 Å². The van der Waals surface area contributed by atoms with Gasteiger partial charge in [-0.2, -0.15) is 0 Å². The largest absolute Gasteiger partial charge is 0.272 e. The molecule has 0 aliphatic carbocycles. The lowest BCUT2D eigenvalue weighted by atomic mass is 10.0. The molecule has 0 aromatic heterocycles. The highest BCUT2D eigenvalue weighted by molar-refractivity contribution is 6.42. The molecule has 0 bridgehead atoms. The smallest absolute Gasteiger partial charge is 0.118 e. The molecule has 3 heteroatoms. The number of hydrogen-bond acceptors (Lipinski definition) is 1. The lowest BCUT2D eigenvalue weighted by Gasteiger charge is -2.01. The Kier molecular flexibility index (Phi) is 2.65. The molecular formula is C14H9Cl2N. The maximum absolute atomic E-state index is 6.00. The summed E-state index contributed by atoms with van der Waals surface area (Å²) in [5.41, 5.74) is 3.38. The summed E-state index contributed by atoms with van der Waals surface area (Å²) < 4.78 is 0. The minimum absolute atomic E-state index is 0.146. The number of aliphatic imine (C=N–C) groups is 1. The van der Waals surface area contributed by atoms with E-state index in [9.17, 15) is 0 Å². The molecule has 2 aromatic carbocycles. The summed E-state index contributed by atoms with van der Waals surface area (Å²) in [6, 6.07) is 16.0. The fourth-order valence-corrected chi connectivity index (χ4v) is 2.16. The fourth-order valence-electron chi connectivity index (χ4n) is 1.86. The lowest BCUT2D eigenvalue weighted by molar-refractivity contribution is 1.13. The standard InChI is InChI=1S/C14H9Cl2N/c15-11-7-6-10(8-12(11)16)14-13(17-14)9-4-2-1-3-5-9/h1-8,14H/t14-/m0/s1. The summed E-state index contributed by atoms with van der Waals surface area (Å²) in [5, 5.41) is 1.16. The predicted molar refractivity (Wildman–Crippen MR) is 72.2 cm³/mol. The SMILES string of the molecule is Clc1ccc([C@@H]2N=C2c2ccccc2)cc1Cl. The van der Waals surface area contributed by atoms with Crippen LogP contribution in [0.3, 0.4) is 0 Å². The Morgan fingerprint density at radius 2 is 1.65 bits per heavy atom. The van der Waals surface area contributed by atoms with Gasteiger partial charge in [0.25, 0.3) is 0 Å². The van der Waals surface area contributed by atoms with E-state index in [1.807, 2.05) is 36.4 Å². The van der Waals surface area contributed by atoms with Gasteiger partial charge in [0.2, 0.25) is 0 Å². The van der Waals surface area contributed by atoms with Crippen LogP contribution >= 0.6 is 23.2 Å². The minimum Gasteiger partial charge on any atom is -0.272 e. The van der Waals surface area contributed by atoms with Gasteiger partial charge in [0.1, 0.15) is 6.04 Å². The first-order chi connectivity index (χ1) is 8.25. The summed E-state index contributed by atoms with van der Waals surface area (Å²) in [6.07, 6.45) is 0. The first kappa shape index (κ1) is 10.8. The van der Waals surface area contributed by atoms with Crippen LogP contribution in [0.4, 0.5) is 0 Å². The van der Waals surface area contributed by atoms with Crippen LogP contribution in [0.5, 0.6) is 0 Å². The number of benzene rings is 2. The average Bonchev–Trinajstić information content (AvgIpc) is 3.14. The highest BCUT2D eigenvalue weighted by Gasteiger charge is 2.30. The molecule has 1 atom stereocenters. The van der Waals surface area contributed by atoms with E-state index in [2.05, 4.69) is 17.1 Å². The normalized spacial score (nSPS) is 17.8. The van der Waals surface area contributed by atoms with Crippen LogP contribution in [-0.4, -0.2) is 5.71 Å². The fraction of sp³-hybridized carbons (Fsp3) is 0.0714. The lowest BCUT2D eigenvalue weighted by Crippen LogP contribution is -1.93. The van der Waals surface area contributed by atoms with Crippen molar-refractivity contribution in [3.63, 3.8) is 0 Å². The molecule has 0 unspecified atom stereocenters. The Morgan fingerprint density at radius 1 is 0.882 bits per heavy atom. The molecular weight excluding hydrogens is 253 g/mol. The van der Waals surface area contributed by atoms with Gasteiger partial charge >= 0.3 is 0 Å². The van der Waals surface area contributed by atoms with E-state index < -0.39 is 0 Å². The van der Waals surface area contributed by atoms with E-state index in [1.165, 1.54) is 5.56 Å². The van der Waals surface area contributed by atoms with Crippen molar-refractivity contribution in [1.29, 1.82) is 0 Å². The third kappa shape index (κ3) is 2.08. The van der Waals surface area contributed by atoms with Gasteiger partial charge in [-0.15, -0.1) is 0 Å². The van der Waals surface area contributed by atoms with E-state index in [0.29, 0.717) is 10.0 Å². The predicted octanol–water partition coefficient (Wildman–Crippen LogP) is 4.54. The van der Waals surface area contributed by atoms with Gasteiger partial charge in [-0.3, -0.25) is 4.99 Å². The summed E-state index contributed by atoms with van der Waals surface area (Å²) in [7, 11) is 0. The van der Waals surface area contributed by atoms with Crippen molar-refractivity contribution in [2.45, 2.75) is 6.04 Å². The van der Waals surface area contributed by atoms with Crippen LogP contribution in [0.2, 0.25) is 10.0 Å². The number of halogens is 2. The van der Waals surface area contributed by atoms with Crippen LogP contribution in [0.15, 0.2) is 53.5 Å². The van der Waals surface area contributed by atoms with Gasteiger partial charge in [0, 0.05) is 0 Å². The molecule has 0 amide bonds. The van der Waals surface area contributed by atoms with Gasteiger partial charge in [0.15, 0.2) is 0 Å². The summed E-state index contributed by atoms with van der Waals surface area (Å²) in [4.78, 5) is 4.48. The number of hydrogen-bond donors (Lipinski definition) is 0. The van der Waals surface area contributed by atoms with E-state index in [1.54, 1.807) is 0 Å². The van der Waals surface area contributed by atoms with E-state index in [-0.39, 0.29) is 6.04 Å². The van der Waals surface area contributed by atoms with Crippen molar-refractivity contribution < 1.29 is 0 Å². The van der Waals surface area contributed by atoms with Gasteiger partial charge in [-0.1, -0.05) is 59.6 Å². The molecule has 0 fully saturated rings. The average molecular weight is 262 g/mol. The monoisotopic (exact) mass is 261 g/mol. The summed E-state index contributed by atoms with van der Waals surface area (Å²) in [6.45, 7) is 0. The van der Waals surface area contributed by atoms with Gasteiger partial charge in [0.05, 0.1) is 15.8 Å². The zero-order valence-corrected chi connectivity index (χ0v) is 10.4. The second-order valence-corrected chi connectivity index (χ2v) is 4.77. The molecule has 1 aliphatic rings. The first-order valence-electron chi connectivity index (χ1n) is 5.34. The van der Waals surface area contributed by atoms with Crippen molar-refractivity contribution in [2.75, 3.05) is 0 Å². The Balaban J connectivity index is 1.84. The van der Waals surface area contributed by atoms with Crippen molar-refractivity contribution >= 4 is 28.9 Å². The third-order valence-electron chi connectivity index (χ3n) is 2.79. The molecule has 17 heavy (non-hydrogen) atoms. The van der Waals surface area contributed by atoms with Crippen LogP contribution in [0, 0.1) is 0 Å². The van der Waals surface area contributed by atoms with Crippen molar-refractivity contribution in [3.05, 3.63) is 69.7 Å². The number of rotatable bonds is 2. The third-order valence-corrected chi connectivity index (χ3v) is 3.53. The Morgan fingerprint density at radius 3 is 2.35 bits per heavy atom. The second kappa shape index (κ2) is 4.17. The van der Waals surface area contributed by atoms with Gasteiger partial charge in [-0.25, -0.2) is 0 Å². The van der Waals surface area contributed by atoms with E-state index in [0.717, 1.165) is 11.3 Å². The van der Waals surface area contributed by atoms with Crippen LogP contribution in [0.1, 0.15) is 17.2 Å². The van der Waals surface area contributed by atoms with Crippen molar-refractivity contribution in [2.24, 2.45) is 4.99 Å². The Labute approximate surface area is 110 Å². The van der Waals surface area contributed by atoms with E-state index >= 15 is 0 Å². The molecule has 0 spiro atoms. The molecule has 2 aromatic rings.